The fourth-order valence-corrected chi connectivity index (χ4v) is 10.5. The van der Waals surface area contributed by atoms with Crippen LogP contribution in [0.3, 0.4) is 0 Å². The predicted octanol–water partition coefficient (Wildman–Crippen LogP) is 17.4. The summed E-state index contributed by atoms with van der Waals surface area (Å²) in [6, 6.07) is 77.4. The van der Waals surface area contributed by atoms with Crippen molar-refractivity contribution in [1.29, 1.82) is 0 Å². The van der Waals surface area contributed by atoms with Crippen LogP contribution in [-0.4, -0.2) is 0 Å². The van der Waals surface area contributed by atoms with Gasteiger partial charge in [-0.2, -0.15) is 0 Å². The zero-order valence-corrected chi connectivity index (χ0v) is 38.4. The first kappa shape index (κ1) is 42.3. The molecule has 0 N–H and O–H groups in total. The quantitative estimate of drug-likeness (QED) is 0.155. The zero-order valence-electron chi connectivity index (χ0n) is 38.4. The molecule has 0 saturated heterocycles. The van der Waals surface area contributed by atoms with Crippen LogP contribution in [-0.2, 0) is 10.8 Å². The molecule has 0 aromatic heterocycles. The van der Waals surface area contributed by atoms with Gasteiger partial charge in [0.2, 0.25) is 0 Å². The van der Waals surface area contributed by atoms with Gasteiger partial charge in [0.25, 0.3) is 0 Å². The van der Waals surface area contributed by atoms with Gasteiger partial charge in [-0.3, -0.25) is 0 Å². The average molecular weight is 827 g/mol. The molecule has 314 valence electrons. The molecule has 0 unspecified atom stereocenters. The van der Waals surface area contributed by atoms with E-state index in [0.717, 1.165) is 0 Å². The Balaban J connectivity index is 0.000000135. The molecule has 3 aliphatic rings. The number of hydrogen-bond donors (Lipinski definition) is 0. The van der Waals surface area contributed by atoms with E-state index in [0.29, 0.717) is 0 Å². The molecule has 9 aromatic carbocycles. The second-order valence-corrected chi connectivity index (χ2v) is 18.1. The molecule has 0 aliphatic heterocycles. The third kappa shape index (κ3) is 7.22. The largest absolute Gasteiger partial charge is 0.0728 e. The highest BCUT2D eigenvalue weighted by Crippen LogP contribution is 2.62. The van der Waals surface area contributed by atoms with Crippen LogP contribution in [0.15, 0.2) is 212 Å². The summed E-state index contributed by atoms with van der Waals surface area (Å²) in [5.74, 6) is 0. The minimum absolute atomic E-state index is 0.151. The van der Waals surface area contributed by atoms with Gasteiger partial charge >= 0.3 is 0 Å². The van der Waals surface area contributed by atoms with Crippen LogP contribution < -0.4 is 0 Å². The standard InChI is InChI=1S/C32H22.C16H16.C13H12.C3H8/c1-21-11-10-17-27-26-16-6-9-20-30(26)32(31(21)27)28-18-7-4-14-24(28)22-12-2-3-13-23(22)25-15-5-8-19-29(25)32;1-11-8-9-13-12-6-4-5-7-14(12)16(2,3)15(13)10-11;1-11-7-9-13(10-8-11)12-5-3-2-4-6-12;1-3-2/h2-20H,1H3;4-10H,1-3H3;2-10H,1H3;3H2,1-2H3. The highest BCUT2D eigenvalue weighted by molar-refractivity contribution is 5.97. The Hall–Kier alpha value is -7.02. The fraction of sp³-hybridized carbons (Fsp3) is 0.156. The number of fused-ring (bicyclic) bond motifs is 15. The molecule has 9 aromatic rings. The molecular weight excluding hydrogens is 769 g/mol. The van der Waals surface area contributed by atoms with E-state index in [9.17, 15) is 0 Å². The Morgan fingerprint density at radius 1 is 0.312 bits per heavy atom. The van der Waals surface area contributed by atoms with E-state index < -0.39 is 0 Å². The van der Waals surface area contributed by atoms with Gasteiger partial charge in [-0.15, -0.1) is 0 Å². The van der Waals surface area contributed by atoms with Crippen molar-refractivity contribution >= 4 is 0 Å². The van der Waals surface area contributed by atoms with Gasteiger partial charge in [-0.1, -0.05) is 258 Å². The van der Waals surface area contributed by atoms with Gasteiger partial charge in [0, 0.05) is 5.41 Å². The third-order valence-corrected chi connectivity index (χ3v) is 13.3. The van der Waals surface area contributed by atoms with Gasteiger partial charge < -0.3 is 0 Å². The van der Waals surface area contributed by atoms with Crippen molar-refractivity contribution in [3.05, 3.63) is 262 Å². The predicted molar refractivity (Wildman–Crippen MR) is 274 cm³/mol. The Kier molecular flexibility index (Phi) is 11.6. The molecule has 0 amide bonds. The van der Waals surface area contributed by atoms with Crippen LogP contribution in [0.5, 0.6) is 0 Å². The zero-order chi connectivity index (χ0) is 44.4. The van der Waals surface area contributed by atoms with E-state index in [-0.39, 0.29) is 10.8 Å². The van der Waals surface area contributed by atoms with E-state index >= 15 is 0 Å². The summed E-state index contributed by atoms with van der Waals surface area (Å²) in [5, 5.41) is 0. The van der Waals surface area contributed by atoms with E-state index in [2.05, 4.69) is 255 Å². The summed E-state index contributed by atoms with van der Waals surface area (Å²) in [4.78, 5) is 0. The van der Waals surface area contributed by atoms with Gasteiger partial charge in [0.05, 0.1) is 5.41 Å². The van der Waals surface area contributed by atoms with Crippen LogP contribution in [0.25, 0.3) is 55.6 Å². The van der Waals surface area contributed by atoms with Crippen molar-refractivity contribution in [2.45, 2.75) is 65.7 Å². The number of aryl methyl sites for hydroxylation is 3. The maximum Gasteiger partial charge on any atom is 0.0728 e. The summed E-state index contributed by atoms with van der Waals surface area (Å²) < 4.78 is 0. The van der Waals surface area contributed by atoms with Crippen molar-refractivity contribution in [3.8, 4) is 55.6 Å². The van der Waals surface area contributed by atoms with Gasteiger partial charge in [-0.05, 0) is 115 Å². The van der Waals surface area contributed by atoms with Crippen LogP contribution in [0, 0.1) is 20.8 Å². The minimum atomic E-state index is -0.344. The lowest BCUT2D eigenvalue weighted by Gasteiger charge is -2.36. The van der Waals surface area contributed by atoms with E-state index in [1.165, 1.54) is 112 Å². The maximum atomic E-state index is 2.35. The van der Waals surface area contributed by atoms with Gasteiger partial charge in [-0.25, -0.2) is 0 Å². The number of rotatable bonds is 1. The fourth-order valence-electron chi connectivity index (χ4n) is 10.5. The minimum Gasteiger partial charge on any atom is -0.0656 e. The Morgan fingerprint density at radius 3 is 1.22 bits per heavy atom. The molecule has 0 heteroatoms. The van der Waals surface area contributed by atoms with Crippen LogP contribution >= 0.6 is 0 Å². The van der Waals surface area contributed by atoms with Crippen molar-refractivity contribution < 1.29 is 0 Å². The smallest absolute Gasteiger partial charge is 0.0656 e. The van der Waals surface area contributed by atoms with Crippen LogP contribution in [0.4, 0.5) is 0 Å². The molecule has 0 bridgehead atoms. The lowest BCUT2D eigenvalue weighted by Crippen LogP contribution is -2.30. The SMILES string of the molecule is CCC.Cc1ccc(-c2ccccc2)cc1.Cc1ccc2c(c1)C(C)(C)c1ccccc1-2.Cc1cccc2c1C1(c3ccccc3-c3ccccc3-c3ccccc31)c1ccccc1-2. The molecular formula is C64H58. The van der Waals surface area contributed by atoms with E-state index in [1.54, 1.807) is 0 Å². The molecule has 64 heavy (non-hydrogen) atoms. The van der Waals surface area contributed by atoms with Crippen molar-refractivity contribution in [2.24, 2.45) is 0 Å². The second kappa shape index (κ2) is 17.6. The molecule has 0 atom stereocenters. The van der Waals surface area contributed by atoms with Crippen molar-refractivity contribution in [3.63, 3.8) is 0 Å². The molecule has 12 rings (SSSR count). The summed E-state index contributed by atoms with van der Waals surface area (Å²) >= 11 is 0. The summed E-state index contributed by atoms with van der Waals surface area (Å²) in [6.45, 7) is 15.4. The maximum absolute atomic E-state index is 2.35. The highest BCUT2D eigenvalue weighted by Gasteiger charge is 2.50. The molecule has 0 nitrogen and oxygen atoms in total. The third-order valence-electron chi connectivity index (χ3n) is 13.3. The topological polar surface area (TPSA) is 0 Å². The Bertz CT molecular complexity index is 3020. The molecule has 0 fully saturated rings. The van der Waals surface area contributed by atoms with E-state index in [4.69, 9.17) is 0 Å². The van der Waals surface area contributed by atoms with Gasteiger partial charge in [0.15, 0.2) is 0 Å². The molecule has 0 heterocycles. The second-order valence-electron chi connectivity index (χ2n) is 18.1. The van der Waals surface area contributed by atoms with Crippen molar-refractivity contribution in [1.82, 2.24) is 0 Å². The Labute approximate surface area is 382 Å². The highest BCUT2D eigenvalue weighted by atomic mass is 14.5. The molecule has 0 saturated carbocycles. The average Bonchev–Trinajstić information content (AvgIpc) is 3.72. The molecule has 0 radical (unpaired) electrons. The summed E-state index contributed by atoms with van der Waals surface area (Å²) in [5.41, 5.74) is 25.6. The first-order valence-corrected chi connectivity index (χ1v) is 23.0. The van der Waals surface area contributed by atoms with Crippen LogP contribution in [0.2, 0.25) is 0 Å². The monoisotopic (exact) mass is 826 g/mol. The molecule has 1 spiro atoms. The number of benzene rings is 9. The lowest BCUT2D eigenvalue weighted by atomic mass is 9.65. The van der Waals surface area contributed by atoms with Gasteiger partial charge in [0.1, 0.15) is 0 Å². The normalized spacial score (nSPS) is 13.2. The first-order valence-electron chi connectivity index (χ1n) is 23.0. The lowest BCUT2D eigenvalue weighted by molar-refractivity contribution is 0.660. The molecule has 3 aliphatic carbocycles. The first-order chi connectivity index (χ1) is 31.2. The number of hydrogen-bond acceptors (Lipinski definition) is 0. The van der Waals surface area contributed by atoms with E-state index in [1.807, 2.05) is 6.07 Å². The summed E-state index contributed by atoms with van der Waals surface area (Å²) in [6.07, 6.45) is 1.25. The van der Waals surface area contributed by atoms with Crippen LogP contribution in [0.1, 0.15) is 84.2 Å². The summed E-state index contributed by atoms with van der Waals surface area (Å²) in [7, 11) is 0. The Morgan fingerprint density at radius 2 is 0.688 bits per heavy atom. The van der Waals surface area contributed by atoms with Crippen molar-refractivity contribution in [2.75, 3.05) is 0 Å².